The van der Waals surface area contributed by atoms with Gasteiger partial charge in [0.2, 0.25) is 0 Å². The summed E-state index contributed by atoms with van der Waals surface area (Å²) in [6, 6.07) is 3.91. The molecule has 1 aromatic rings. The summed E-state index contributed by atoms with van der Waals surface area (Å²) in [5, 5.41) is 23.0. The average molecular weight is 594 g/mol. The first-order valence-corrected chi connectivity index (χ1v) is 13.8. The summed E-state index contributed by atoms with van der Waals surface area (Å²) in [6.07, 6.45) is -5.22. The van der Waals surface area contributed by atoms with Crippen molar-refractivity contribution >= 4 is 12.1 Å². The third-order valence-corrected chi connectivity index (χ3v) is 6.33. The van der Waals surface area contributed by atoms with Crippen LogP contribution in [0, 0.1) is 17.8 Å². The average Bonchev–Trinajstić information content (AvgIpc) is 2.83. The molecule has 0 aliphatic rings. The Morgan fingerprint density at radius 3 is 2.20 bits per heavy atom. The zero-order valence-corrected chi connectivity index (χ0v) is 25.0. The Morgan fingerprint density at radius 2 is 1.66 bits per heavy atom. The topological polar surface area (TPSA) is 124 Å². The third kappa shape index (κ3) is 15.2. The summed E-state index contributed by atoms with van der Waals surface area (Å²) in [5.74, 6) is -1.82. The molecule has 0 spiro atoms. The van der Waals surface area contributed by atoms with Crippen LogP contribution in [0.5, 0.6) is 11.5 Å². The van der Waals surface area contributed by atoms with E-state index in [2.05, 4.69) is 5.32 Å². The number of ether oxygens (including phenoxy) is 4. The number of alkyl halides is 3. The second-order valence-corrected chi connectivity index (χ2v) is 11.6. The molecular formula is C29H46F3NO8. The molecule has 4 unspecified atom stereocenters. The molecule has 0 aromatic heterocycles. The second kappa shape index (κ2) is 16.6. The Kier molecular flexibility index (Phi) is 14.7. The molecule has 0 heterocycles. The van der Waals surface area contributed by atoms with Gasteiger partial charge in [0.1, 0.15) is 5.60 Å². The van der Waals surface area contributed by atoms with E-state index in [4.69, 9.17) is 18.9 Å². The molecule has 0 saturated carbocycles. The van der Waals surface area contributed by atoms with Crippen LogP contribution >= 0.6 is 0 Å². The van der Waals surface area contributed by atoms with Gasteiger partial charge >= 0.3 is 18.2 Å². The molecule has 9 nitrogen and oxygen atoms in total. The highest BCUT2D eigenvalue weighted by Crippen LogP contribution is 2.33. The first kappa shape index (κ1) is 36.3. The molecule has 1 aromatic carbocycles. The maximum absolute atomic E-state index is 12.8. The fourth-order valence-electron chi connectivity index (χ4n) is 4.08. The normalized spacial score (nSPS) is 15.1. The van der Waals surface area contributed by atoms with Crippen LogP contribution in [0.1, 0.15) is 66.4 Å². The van der Waals surface area contributed by atoms with Gasteiger partial charge in [0, 0.05) is 20.1 Å². The third-order valence-electron chi connectivity index (χ3n) is 6.33. The van der Waals surface area contributed by atoms with E-state index in [9.17, 15) is 33.0 Å². The number of hydrogen-bond donors (Lipinski definition) is 3. The van der Waals surface area contributed by atoms with Gasteiger partial charge in [0.25, 0.3) is 0 Å². The number of alkyl carbamates (subject to hydrolysis) is 1. The van der Waals surface area contributed by atoms with Crippen molar-refractivity contribution in [2.45, 2.75) is 91.1 Å². The van der Waals surface area contributed by atoms with E-state index in [1.54, 1.807) is 32.9 Å². The molecule has 1 amide bonds. The Balaban J connectivity index is 3.21. The van der Waals surface area contributed by atoms with Gasteiger partial charge in [0.05, 0.1) is 24.7 Å². The Labute approximate surface area is 240 Å². The summed E-state index contributed by atoms with van der Waals surface area (Å²) < 4.78 is 59.4. The van der Waals surface area contributed by atoms with E-state index >= 15 is 0 Å². The van der Waals surface area contributed by atoms with Crippen LogP contribution in [-0.2, 0) is 20.7 Å². The number of benzene rings is 1. The summed E-state index contributed by atoms with van der Waals surface area (Å²) in [7, 11) is 1.54. The minimum Gasteiger partial charge on any atom is -0.490 e. The van der Waals surface area contributed by atoms with Crippen molar-refractivity contribution in [1.82, 2.24) is 5.32 Å². The lowest BCUT2D eigenvalue weighted by Gasteiger charge is -2.32. The van der Waals surface area contributed by atoms with Gasteiger partial charge in [-0.3, -0.25) is 4.79 Å². The van der Waals surface area contributed by atoms with Gasteiger partial charge in [0.15, 0.2) is 18.1 Å². The summed E-state index contributed by atoms with van der Waals surface area (Å²) in [6.45, 7) is 9.72. The van der Waals surface area contributed by atoms with E-state index in [1.165, 1.54) is 20.1 Å². The van der Waals surface area contributed by atoms with Crippen LogP contribution in [0.3, 0.4) is 0 Å². The number of amides is 1. The number of carbonyl (C=O) groups excluding carboxylic acids is 1. The molecule has 0 bridgehead atoms. The number of hydrogen-bond acceptors (Lipinski definition) is 7. The molecule has 4 atom stereocenters. The number of methoxy groups -OCH3 is 1. The van der Waals surface area contributed by atoms with Crippen molar-refractivity contribution < 1.29 is 51.9 Å². The smallest absolute Gasteiger partial charge is 0.422 e. The highest BCUT2D eigenvalue weighted by molar-refractivity contribution is 5.70. The van der Waals surface area contributed by atoms with Gasteiger partial charge in [-0.2, -0.15) is 13.2 Å². The Bertz CT molecular complexity index is 949. The Hall–Kier alpha value is -2.73. The molecule has 0 saturated heterocycles. The number of aliphatic hydroxyl groups excluding tert-OH is 1. The number of carbonyl (C=O) groups is 2. The lowest BCUT2D eigenvalue weighted by atomic mass is 9.82. The summed E-state index contributed by atoms with van der Waals surface area (Å²) in [4.78, 5) is 24.0. The maximum Gasteiger partial charge on any atom is 0.422 e. The van der Waals surface area contributed by atoms with Crippen molar-refractivity contribution in [3.8, 4) is 11.5 Å². The van der Waals surface area contributed by atoms with E-state index in [0.29, 0.717) is 25.9 Å². The van der Waals surface area contributed by atoms with Crippen molar-refractivity contribution in [2.24, 2.45) is 17.8 Å². The molecule has 236 valence electrons. The highest BCUT2D eigenvalue weighted by atomic mass is 19.4. The van der Waals surface area contributed by atoms with E-state index < -0.39 is 48.5 Å². The number of halogens is 3. The predicted molar refractivity (Wildman–Crippen MR) is 147 cm³/mol. The first-order valence-electron chi connectivity index (χ1n) is 13.8. The van der Waals surface area contributed by atoms with Crippen molar-refractivity contribution in [3.63, 3.8) is 0 Å². The van der Waals surface area contributed by atoms with Crippen molar-refractivity contribution in [2.75, 3.05) is 26.9 Å². The van der Waals surface area contributed by atoms with Gasteiger partial charge in [-0.1, -0.05) is 26.8 Å². The lowest BCUT2D eigenvalue weighted by Crippen LogP contribution is -2.47. The molecule has 0 radical (unpaired) electrons. The second-order valence-electron chi connectivity index (χ2n) is 11.6. The molecule has 3 N–H and O–H groups in total. The summed E-state index contributed by atoms with van der Waals surface area (Å²) in [5.41, 5.74) is -0.0183. The van der Waals surface area contributed by atoms with Crippen LogP contribution in [0.2, 0.25) is 0 Å². The molecule has 0 aliphatic carbocycles. The van der Waals surface area contributed by atoms with Crippen molar-refractivity contribution in [1.29, 1.82) is 0 Å². The van der Waals surface area contributed by atoms with Crippen LogP contribution in [-0.4, -0.2) is 73.1 Å². The van der Waals surface area contributed by atoms with Gasteiger partial charge in [-0.25, -0.2) is 4.79 Å². The largest absolute Gasteiger partial charge is 0.490 e. The molecule has 12 heteroatoms. The fourth-order valence-corrected chi connectivity index (χ4v) is 4.08. The minimum atomic E-state index is -4.51. The minimum absolute atomic E-state index is 0.0351. The molecule has 0 aliphatic heterocycles. The number of nitrogens with one attached hydrogen (secondary N) is 1. The quantitative estimate of drug-likeness (QED) is 0.199. The monoisotopic (exact) mass is 593 g/mol. The molecule has 1 rings (SSSR count). The predicted octanol–water partition coefficient (Wildman–Crippen LogP) is 5.61. The SMILES string of the molecule is COCCCOc1cc(CC(CC(NC(=O)OC(C)(C)C)C(O)CC(C)C(=O)O)C(C)C)ccc1OCC(F)(F)F. The van der Waals surface area contributed by atoms with Crippen LogP contribution in [0.25, 0.3) is 0 Å². The highest BCUT2D eigenvalue weighted by Gasteiger charge is 2.32. The zero-order valence-electron chi connectivity index (χ0n) is 25.0. The van der Waals surface area contributed by atoms with Gasteiger partial charge < -0.3 is 34.5 Å². The van der Waals surface area contributed by atoms with E-state index in [1.807, 2.05) is 13.8 Å². The Morgan fingerprint density at radius 1 is 1.00 bits per heavy atom. The van der Waals surface area contributed by atoms with Gasteiger partial charge in [-0.15, -0.1) is 0 Å². The lowest BCUT2D eigenvalue weighted by molar-refractivity contribution is -0.153. The first-order chi connectivity index (χ1) is 18.9. The molecule has 0 fully saturated rings. The number of aliphatic hydroxyl groups is 1. The van der Waals surface area contributed by atoms with E-state index in [-0.39, 0.29) is 36.4 Å². The summed E-state index contributed by atoms with van der Waals surface area (Å²) >= 11 is 0. The zero-order chi connectivity index (χ0) is 31.4. The molecule has 41 heavy (non-hydrogen) atoms. The number of carboxylic acids is 1. The number of rotatable bonds is 17. The van der Waals surface area contributed by atoms with Crippen LogP contribution in [0.15, 0.2) is 18.2 Å². The van der Waals surface area contributed by atoms with Crippen LogP contribution < -0.4 is 14.8 Å². The van der Waals surface area contributed by atoms with Crippen molar-refractivity contribution in [3.05, 3.63) is 23.8 Å². The number of aliphatic carboxylic acids is 1. The maximum atomic E-state index is 12.8. The van der Waals surface area contributed by atoms with Crippen LogP contribution in [0.4, 0.5) is 18.0 Å². The van der Waals surface area contributed by atoms with Gasteiger partial charge in [-0.05, 0) is 69.6 Å². The van der Waals surface area contributed by atoms with E-state index in [0.717, 1.165) is 5.56 Å². The fraction of sp³-hybridized carbons (Fsp3) is 0.724. The standard InChI is InChI=1S/C29H46F3NO8/c1-18(2)21(16-22(23(34)13-19(3)26(35)36)33-27(37)41-28(4,5)6)14-20-9-10-24(40-17-29(30,31)32)25(15-20)39-12-8-11-38-7/h9-10,15,18-19,21-23,34H,8,11-14,16-17H2,1-7H3,(H,33,37)(H,35,36). The molecular weight excluding hydrogens is 547 g/mol. The number of carboxylic acid groups (broad SMARTS) is 1.